The molecule has 0 bridgehead atoms. The third kappa shape index (κ3) is 3.30. The molecule has 112 valence electrons. The number of nitrogens with one attached hydrogen (secondary N) is 2. The Balaban J connectivity index is 0.00000147. The fraction of sp³-hybridized carbons (Fsp3) is 0.769. The van der Waals surface area contributed by atoms with Crippen molar-refractivity contribution in [2.75, 3.05) is 19.6 Å². The minimum Gasteiger partial charge on any atom is -0.342 e. The number of piperidine rings is 2. The van der Waals surface area contributed by atoms with Crippen LogP contribution in [0.25, 0.3) is 0 Å². The number of nitrogens with zero attached hydrogens (tertiary/aromatic N) is 3. The van der Waals surface area contributed by atoms with E-state index in [0.717, 1.165) is 31.9 Å². The molecule has 1 aromatic rings. The molecule has 0 spiro atoms. The van der Waals surface area contributed by atoms with Gasteiger partial charge in [0, 0.05) is 19.1 Å². The number of aryl methyl sites for hydroxylation is 1. The van der Waals surface area contributed by atoms with Gasteiger partial charge >= 0.3 is 0 Å². The predicted octanol–water partition coefficient (Wildman–Crippen LogP) is 0.678. The molecular weight excluding hydrogens is 278 g/mol. The predicted molar refractivity (Wildman–Crippen MR) is 77.8 cm³/mol. The molecule has 2 aliphatic rings. The van der Waals surface area contributed by atoms with Gasteiger partial charge < -0.3 is 10.2 Å². The molecular formula is C13H22ClN5O. The fourth-order valence-electron chi connectivity index (χ4n) is 3.19. The Morgan fingerprint density at radius 1 is 1.45 bits per heavy atom. The molecule has 0 aliphatic carbocycles. The maximum absolute atomic E-state index is 12.3. The summed E-state index contributed by atoms with van der Waals surface area (Å²) in [4.78, 5) is 18.4. The van der Waals surface area contributed by atoms with Crippen LogP contribution in [0, 0.1) is 12.8 Å². The number of H-pyrrole nitrogens is 1. The van der Waals surface area contributed by atoms with Crippen LogP contribution in [0.2, 0.25) is 0 Å². The second kappa shape index (κ2) is 6.54. The number of amides is 1. The van der Waals surface area contributed by atoms with Gasteiger partial charge in [-0.2, -0.15) is 5.10 Å². The van der Waals surface area contributed by atoms with Crippen LogP contribution in [0.1, 0.15) is 30.9 Å². The van der Waals surface area contributed by atoms with Gasteiger partial charge in [0.2, 0.25) is 5.91 Å². The van der Waals surface area contributed by atoms with E-state index in [1.54, 1.807) is 0 Å². The number of likely N-dealkylation sites (tertiary alicyclic amines) is 1. The lowest BCUT2D eigenvalue weighted by molar-refractivity contribution is -0.133. The van der Waals surface area contributed by atoms with Crippen molar-refractivity contribution in [1.29, 1.82) is 0 Å². The number of rotatable bonds is 2. The van der Waals surface area contributed by atoms with Gasteiger partial charge in [-0.25, -0.2) is 4.98 Å². The lowest BCUT2D eigenvalue weighted by Gasteiger charge is -2.41. The van der Waals surface area contributed by atoms with Crippen LogP contribution in [-0.4, -0.2) is 51.7 Å². The van der Waals surface area contributed by atoms with Gasteiger partial charge in [0.25, 0.3) is 0 Å². The number of halogens is 1. The molecule has 0 aromatic carbocycles. The van der Waals surface area contributed by atoms with E-state index in [9.17, 15) is 4.79 Å². The van der Waals surface area contributed by atoms with E-state index in [0.29, 0.717) is 24.2 Å². The number of hydrogen-bond acceptors (Lipinski definition) is 4. The van der Waals surface area contributed by atoms with Crippen molar-refractivity contribution >= 4 is 18.3 Å². The van der Waals surface area contributed by atoms with Crippen molar-refractivity contribution in [2.45, 2.75) is 38.6 Å². The molecule has 1 amide bonds. The number of hydrogen-bond donors (Lipinski definition) is 2. The monoisotopic (exact) mass is 299 g/mol. The summed E-state index contributed by atoms with van der Waals surface area (Å²) in [5.41, 5.74) is 0. The Morgan fingerprint density at radius 3 is 3.05 bits per heavy atom. The maximum Gasteiger partial charge on any atom is 0.230 e. The Kier molecular flexibility index (Phi) is 4.99. The van der Waals surface area contributed by atoms with Gasteiger partial charge in [0.15, 0.2) is 5.82 Å². The molecule has 2 atom stereocenters. The molecule has 3 heterocycles. The summed E-state index contributed by atoms with van der Waals surface area (Å²) in [6.45, 7) is 4.72. The van der Waals surface area contributed by atoms with Crippen molar-refractivity contribution in [3.63, 3.8) is 0 Å². The van der Waals surface area contributed by atoms with E-state index in [4.69, 9.17) is 0 Å². The van der Waals surface area contributed by atoms with Crippen LogP contribution in [-0.2, 0) is 11.2 Å². The third-order valence-corrected chi connectivity index (χ3v) is 4.20. The number of carbonyl (C=O) groups excluding carboxylic acids is 1. The van der Waals surface area contributed by atoms with E-state index >= 15 is 0 Å². The van der Waals surface area contributed by atoms with Crippen LogP contribution >= 0.6 is 12.4 Å². The van der Waals surface area contributed by atoms with Gasteiger partial charge in [-0.1, -0.05) is 0 Å². The molecule has 2 aliphatic heterocycles. The highest BCUT2D eigenvalue weighted by Gasteiger charge is 2.32. The van der Waals surface area contributed by atoms with E-state index < -0.39 is 0 Å². The lowest BCUT2D eigenvalue weighted by Crippen LogP contribution is -2.53. The number of aromatic nitrogens is 3. The minimum absolute atomic E-state index is 0. The summed E-state index contributed by atoms with van der Waals surface area (Å²) in [5, 5.41) is 10.4. The quantitative estimate of drug-likeness (QED) is 0.842. The topological polar surface area (TPSA) is 73.9 Å². The third-order valence-electron chi connectivity index (χ3n) is 4.20. The molecule has 7 heteroatoms. The highest BCUT2D eigenvalue weighted by Crippen LogP contribution is 2.25. The van der Waals surface area contributed by atoms with Crippen molar-refractivity contribution in [1.82, 2.24) is 25.4 Å². The highest BCUT2D eigenvalue weighted by molar-refractivity contribution is 5.85. The summed E-state index contributed by atoms with van der Waals surface area (Å²) < 4.78 is 0. The normalized spacial score (nSPS) is 25.8. The smallest absolute Gasteiger partial charge is 0.230 e. The maximum atomic E-state index is 12.3. The van der Waals surface area contributed by atoms with Crippen molar-refractivity contribution in [3.8, 4) is 0 Å². The summed E-state index contributed by atoms with van der Waals surface area (Å²) in [6, 6.07) is 0.614. The molecule has 6 nitrogen and oxygen atoms in total. The molecule has 2 saturated heterocycles. The van der Waals surface area contributed by atoms with E-state index in [1.165, 1.54) is 12.8 Å². The molecule has 1 aromatic heterocycles. The molecule has 3 rings (SSSR count). The first kappa shape index (κ1) is 15.3. The van der Waals surface area contributed by atoms with Gasteiger partial charge in [-0.15, -0.1) is 12.4 Å². The Hall–Kier alpha value is -1.14. The molecule has 0 saturated carbocycles. The van der Waals surface area contributed by atoms with Crippen LogP contribution in [0.3, 0.4) is 0 Å². The zero-order chi connectivity index (χ0) is 13.2. The van der Waals surface area contributed by atoms with Crippen molar-refractivity contribution < 1.29 is 4.79 Å². The van der Waals surface area contributed by atoms with Crippen LogP contribution in [0.15, 0.2) is 0 Å². The summed E-state index contributed by atoms with van der Waals surface area (Å²) in [5.74, 6) is 2.15. The SMILES string of the molecule is Cc1nc(CC(=O)N2CC[C@@H]3NCCC[C@@H]3C2)n[nH]1.Cl. The Morgan fingerprint density at radius 2 is 2.30 bits per heavy atom. The number of aromatic amines is 1. The lowest BCUT2D eigenvalue weighted by atomic mass is 9.85. The average molecular weight is 300 g/mol. The van der Waals surface area contributed by atoms with Crippen molar-refractivity contribution in [2.24, 2.45) is 5.92 Å². The first-order chi connectivity index (χ1) is 9.22. The van der Waals surface area contributed by atoms with Gasteiger partial charge in [0.05, 0.1) is 6.42 Å². The van der Waals surface area contributed by atoms with Gasteiger partial charge in [-0.3, -0.25) is 9.89 Å². The fourth-order valence-corrected chi connectivity index (χ4v) is 3.19. The average Bonchev–Trinajstić information content (AvgIpc) is 2.83. The zero-order valence-corrected chi connectivity index (χ0v) is 12.6. The zero-order valence-electron chi connectivity index (χ0n) is 11.8. The first-order valence-electron chi connectivity index (χ1n) is 7.11. The standard InChI is InChI=1S/C13H21N5O.ClH/c1-9-15-12(17-16-9)7-13(19)18-6-4-11-10(8-18)3-2-5-14-11;/h10-11,14H,2-8H2,1H3,(H,15,16,17);1H/t10-,11+;/m1./s1. The van der Waals surface area contributed by atoms with Crippen molar-refractivity contribution in [3.05, 3.63) is 11.6 Å². The van der Waals surface area contributed by atoms with Gasteiger partial charge in [-0.05, 0) is 38.6 Å². The molecule has 0 unspecified atom stereocenters. The van der Waals surface area contributed by atoms with Crippen LogP contribution in [0.4, 0.5) is 0 Å². The van der Waals surface area contributed by atoms with Crippen LogP contribution < -0.4 is 5.32 Å². The summed E-state index contributed by atoms with van der Waals surface area (Å²) in [7, 11) is 0. The molecule has 0 radical (unpaired) electrons. The largest absolute Gasteiger partial charge is 0.342 e. The highest BCUT2D eigenvalue weighted by atomic mass is 35.5. The first-order valence-corrected chi connectivity index (χ1v) is 7.11. The number of fused-ring (bicyclic) bond motifs is 1. The molecule has 2 N–H and O–H groups in total. The Bertz CT molecular complexity index is 463. The minimum atomic E-state index is 0. The van der Waals surface area contributed by atoms with E-state index in [2.05, 4.69) is 20.5 Å². The number of carbonyl (C=O) groups is 1. The molecule has 20 heavy (non-hydrogen) atoms. The summed E-state index contributed by atoms with van der Waals surface area (Å²) >= 11 is 0. The van der Waals surface area contributed by atoms with Crippen LogP contribution in [0.5, 0.6) is 0 Å². The second-order valence-corrected chi connectivity index (χ2v) is 5.61. The van der Waals surface area contributed by atoms with E-state index in [-0.39, 0.29) is 18.3 Å². The van der Waals surface area contributed by atoms with Gasteiger partial charge in [0.1, 0.15) is 5.82 Å². The Labute approximate surface area is 125 Å². The summed E-state index contributed by atoms with van der Waals surface area (Å²) in [6.07, 6.45) is 3.85. The second-order valence-electron chi connectivity index (χ2n) is 5.61. The molecule has 2 fully saturated rings. The van der Waals surface area contributed by atoms with E-state index in [1.807, 2.05) is 11.8 Å².